The van der Waals surface area contributed by atoms with Crippen molar-refractivity contribution in [1.29, 1.82) is 0 Å². The molecule has 1 fully saturated rings. The fourth-order valence-electron chi connectivity index (χ4n) is 10.7. The third-order valence-corrected chi connectivity index (χ3v) is 16.3. The summed E-state index contributed by atoms with van der Waals surface area (Å²) in [6.45, 7) is 2.96. The highest BCUT2D eigenvalue weighted by atomic mass is 32.2. The normalized spacial score (nSPS) is 23.2. The number of carboxylic acids is 1. The van der Waals surface area contributed by atoms with E-state index in [1.807, 2.05) is 62.3 Å². The predicted octanol–water partition coefficient (Wildman–Crippen LogP) is 0.164. The van der Waals surface area contributed by atoms with Crippen LogP contribution in [0.4, 0.5) is 11.4 Å². The number of H-pyrrole nitrogens is 1. The van der Waals surface area contributed by atoms with Crippen molar-refractivity contribution in [2.75, 3.05) is 56.8 Å². The number of amides is 7. The number of hydrogen-bond donors (Lipinski definition) is 11. The molecule has 26 heteroatoms. The van der Waals surface area contributed by atoms with Gasteiger partial charge in [0, 0.05) is 105 Å². The van der Waals surface area contributed by atoms with Gasteiger partial charge in [0.15, 0.2) is 11.6 Å². The maximum absolute atomic E-state index is 14.9. The number of nitrogens with zero attached hydrogens (tertiary/aromatic N) is 3. The van der Waals surface area contributed by atoms with Crippen LogP contribution in [0.3, 0.4) is 0 Å². The van der Waals surface area contributed by atoms with Crippen LogP contribution < -0.4 is 52.2 Å². The van der Waals surface area contributed by atoms with E-state index >= 15 is 0 Å². The number of aromatic nitrogens is 1. The fourth-order valence-corrected chi connectivity index (χ4v) is 11.8. The number of aromatic amines is 1. The molecule has 1 aromatic heterocycles. The van der Waals surface area contributed by atoms with Gasteiger partial charge in [0.05, 0.1) is 34.4 Å². The molecule has 12 N–H and O–H groups in total. The second-order valence-electron chi connectivity index (χ2n) is 21.4. The molecule has 0 unspecified atom stereocenters. The Bertz CT molecular complexity index is 3400. The highest BCUT2D eigenvalue weighted by Gasteiger charge is 2.55. The third kappa shape index (κ3) is 11.5. The highest BCUT2D eigenvalue weighted by Crippen LogP contribution is 2.57. The van der Waals surface area contributed by atoms with Crippen molar-refractivity contribution < 1.29 is 67.9 Å². The lowest BCUT2D eigenvalue weighted by molar-refractivity contribution is -0.152. The van der Waals surface area contributed by atoms with E-state index in [0.717, 1.165) is 28.0 Å². The summed E-state index contributed by atoms with van der Waals surface area (Å²) in [6.07, 6.45) is -3.41. The number of anilines is 2. The Kier molecular flexibility index (Phi) is 16.8. The summed E-state index contributed by atoms with van der Waals surface area (Å²) in [5.74, 6) is -8.45. The quantitative estimate of drug-likeness (QED) is 0.0830. The number of esters is 1. The Labute approximate surface area is 480 Å². The lowest BCUT2D eigenvalue weighted by atomic mass is 9.77. The van der Waals surface area contributed by atoms with Crippen molar-refractivity contribution in [3.05, 3.63) is 112 Å². The summed E-state index contributed by atoms with van der Waals surface area (Å²) in [5.41, 5.74) is 8.06. The van der Waals surface area contributed by atoms with Gasteiger partial charge in [-0.1, -0.05) is 30.3 Å². The molecule has 9 atom stereocenters. The second-order valence-corrected chi connectivity index (χ2v) is 22.4. The Morgan fingerprint density at radius 2 is 1.49 bits per heavy atom. The van der Waals surface area contributed by atoms with Gasteiger partial charge in [0.2, 0.25) is 35.4 Å². The average Bonchev–Trinajstić information content (AvgIpc) is 1.84. The van der Waals surface area contributed by atoms with Crippen molar-refractivity contribution in [1.82, 2.24) is 41.8 Å². The van der Waals surface area contributed by atoms with E-state index < -0.39 is 120 Å². The van der Waals surface area contributed by atoms with Gasteiger partial charge in [-0.3, -0.25) is 33.6 Å². The first-order valence-corrected chi connectivity index (χ1v) is 27.7. The number of carbonyl (C=O) groups excluding carboxylic acids is 8. The van der Waals surface area contributed by atoms with Crippen molar-refractivity contribution in [3.63, 3.8) is 0 Å². The highest BCUT2D eigenvalue weighted by molar-refractivity contribution is 7.99. The van der Waals surface area contributed by atoms with E-state index in [1.165, 1.54) is 26.8 Å². The number of aliphatic carboxylic acids is 1. The van der Waals surface area contributed by atoms with E-state index in [1.54, 1.807) is 48.5 Å². The van der Waals surface area contributed by atoms with Gasteiger partial charge >= 0.3 is 11.9 Å². The molecule has 5 aromatic rings. The molecule has 0 bridgehead atoms. The molecule has 4 aliphatic rings. The van der Waals surface area contributed by atoms with Crippen LogP contribution in [0.5, 0.6) is 11.5 Å². The molecule has 83 heavy (non-hydrogen) atoms. The van der Waals surface area contributed by atoms with Crippen molar-refractivity contribution in [2.45, 2.75) is 98.7 Å². The number of rotatable bonds is 10. The van der Waals surface area contributed by atoms with E-state index in [4.69, 9.17) is 15.2 Å². The molecule has 4 aliphatic heterocycles. The van der Waals surface area contributed by atoms with Gasteiger partial charge in [-0.25, -0.2) is 9.59 Å². The number of nitrogens with one attached hydrogen (secondary N) is 7. The van der Waals surface area contributed by atoms with Crippen LogP contribution in [0.15, 0.2) is 83.9 Å². The molecule has 438 valence electrons. The summed E-state index contributed by atoms with van der Waals surface area (Å²) < 4.78 is 13.0. The minimum Gasteiger partial charge on any atom is -0.480 e. The number of ether oxygens (including phenoxy) is 2. The zero-order valence-corrected chi connectivity index (χ0v) is 47.2. The van der Waals surface area contributed by atoms with Crippen LogP contribution in [0, 0.1) is 0 Å². The van der Waals surface area contributed by atoms with Crippen molar-refractivity contribution in [3.8, 4) is 11.5 Å². The number of likely N-dealkylation sites (tertiary alicyclic amines) is 1. The SMILES string of the molecule is C[C@H](N)C(=O)N[C@H]1Cc2c([nH]c3ccccc23)SC[C@@H](C(=O)N2CC[C@H](O)[C@H]2C(=O)O)NC(=O)[C@@H]([C@@H](C)O)NC(=O)[C@H](C)NC(=O)[C@H](CNC(=O)c2cccc3c2C(=O)OC32c3ccc(N(C)C)cc3Oc3cc(N(C)C)ccc32)NC1=O. The van der Waals surface area contributed by atoms with Crippen LogP contribution in [-0.4, -0.2) is 180 Å². The zero-order chi connectivity index (χ0) is 59.9. The van der Waals surface area contributed by atoms with E-state index in [0.29, 0.717) is 49.7 Å². The van der Waals surface area contributed by atoms with E-state index in [9.17, 15) is 58.5 Å². The van der Waals surface area contributed by atoms with Crippen molar-refractivity contribution >= 4 is 87.3 Å². The number of para-hydroxylation sites is 1. The minimum atomic E-state index is -1.76. The number of fused-ring (bicyclic) bond motifs is 9. The molecular weight excluding hydrogens is 1090 g/mol. The Morgan fingerprint density at radius 3 is 2.12 bits per heavy atom. The van der Waals surface area contributed by atoms with E-state index in [-0.39, 0.29) is 36.3 Å². The van der Waals surface area contributed by atoms with Crippen LogP contribution in [-0.2, 0) is 50.3 Å². The third-order valence-electron chi connectivity index (χ3n) is 15.1. The number of benzene rings is 4. The second kappa shape index (κ2) is 23.6. The summed E-state index contributed by atoms with van der Waals surface area (Å²) in [4.78, 5) is 135. The largest absolute Gasteiger partial charge is 0.480 e. The number of carboxylic acid groups (broad SMARTS) is 1. The van der Waals surface area contributed by atoms with Crippen LogP contribution in [0.1, 0.15) is 70.2 Å². The van der Waals surface area contributed by atoms with Gasteiger partial charge in [-0.2, -0.15) is 0 Å². The minimum absolute atomic E-state index is 0.0762. The first-order valence-electron chi connectivity index (χ1n) is 26.8. The van der Waals surface area contributed by atoms with E-state index in [2.05, 4.69) is 36.9 Å². The Hall–Kier alpha value is -8.72. The summed E-state index contributed by atoms with van der Waals surface area (Å²) in [6, 6.07) is 11.6. The van der Waals surface area contributed by atoms with Crippen LogP contribution in [0.2, 0.25) is 0 Å². The molecule has 0 radical (unpaired) electrons. The van der Waals surface area contributed by atoms with Gasteiger partial charge in [-0.05, 0) is 69.2 Å². The average molecular weight is 1160 g/mol. The molecule has 5 heterocycles. The molecule has 4 aromatic carbocycles. The molecule has 25 nitrogen and oxygen atoms in total. The number of hydrogen-bond acceptors (Lipinski definition) is 17. The predicted molar refractivity (Wildman–Crippen MR) is 303 cm³/mol. The standard InChI is InChI=1S/C57H65N11O14S/c1-26(58)47(71)61-38-23-33-31-11-8-9-14-37(31)64-53(33)83-25-40(54(77)68-20-19-41(70)46(68)55(78)79)63-52(76)45(28(3)69)65-48(72)27(2)60-51(75)39(62-50(38)74)24-59-49(73)32-12-10-13-36-44(32)56(80)82-57(36)34-17-15-29(66(4)5)21-42(34)81-43-22-30(67(6)7)16-18-35(43)57/h8-18,21-22,26-28,38-41,45-46,64,69-70H,19-20,23-25,58H2,1-7H3,(H,59,73)(H,60,75)(H,61,71)(H,62,74)(H,63,76)(H,65,72)(H,78,79)/t26-,27-,28+,38-,39-,40-,41-,45+,46-/m0/s1. The van der Waals surface area contributed by atoms with Gasteiger partial charge in [0.25, 0.3) is 5.91 Å². The molecule has 0 saturated carbocycles. The fraction of sp³-hybridized carbons (Fsp3) is 0.386. The smallest absolute Gasteiger partial charge is 0.340 e. The number of nitrogens with two attached hydrogens (primary N) is 1. The van der Waals surface area contributed by atoms with Crippen LogP contribution in [0.25, 0.3) is 10.9 Å². The number of aliphatic hydroxyl groups is 2. The number of carbonyl (C=O) groups is 9. The summed E-state index contributed by atoms with van der Waals surface area (Å²) in [7, 11) is 7.48. The monoisotopic (exact) mass is 1160 g/mol. The molecule has 0 aliphatic carbocycles. The molecule has 1 spiro atoms. The number of aliphatic hydroxyl groups excluding tert-OH is 2. The summed E-state index contributed by atoms with van der Waals surface area (Å²) in [5, 5.41) is 47.8. The molecule has 7 amide bonds. The Balaban J connectivity index is 1.07. The first kappa shape index (κ1) is 58.9. The Morgan fingerprint density at radius 1 is 0.831 bits per heavy atom. The molecule has 9 rings (SSSR count). The maximum atomic E-state index is 14.9. The topological polar surface area (TPSA) is 356 Å². The number of thioether (sulfide) groups is 1. The zero-order valence-electron chi connectivity index (χ0n) is 46.4. The van der Waals surface area contributed by atoms with Gasteiger partial charge < -0.3 is 82.1 Å². The first-order chi connectivity index (χ1) is 39.4. The maximum Gasteiger partial charge on any atom is 0.340 e. The van der Waals surface area contributed by atoms with Gasteiger partial charge in [-0.15, -0.1) is 11.8 Å². The lowest BCUT2D eigenvalue weighted by Gasteiger charge is -2.37. The van der Waals surface area contributed by atoms with Gasteiger partial charge in [0.1, 0.15) is 41.7 Å². The molecular formula is C57H65N11O14S. The summed E-state index contributed by atoms with van der Waals surface area (Å²) >= 11 is 0.984. The van der Waals surface area contributed by atoms with Crippen molar-refractivity contribution in [2.24, 2.45) is 5.73 Å². The lowest BCUT2D eigenvalue weighted by Crippen LogP contribution is -2.62. The van der Waals surface area contributed by atoms with Crippen LogP contribution >= 0.6 is 11.8 Å². The molecule has 1 saturated heterocycles.